The van der Waals surface area contributed by atoms with E-state index in [-0.39, 0.29) is 11.6 Å². The van der Waals surface area contributed by atoms with E-state index in [2.05, 4.69) is 10.1 Å². The van der Waals surface area contributed by atoms with E-state index in [4.69, 9.17) is 0 Å². The molecule has 0 radical (unpaired) electrons. The Morgan fingerprint density at radius 2 is 1.66 bits per heavy atom. The monoisotopic (exact) mass is 455 g/mol. The molecule has 1 heterocycles. The highest BCUT2D eigenvalue weighted by molar-refractivity contribution is 5.96. The lowest BCUT2D eigenvalue weighted by Crippen LogP contribution is -2.60. The van der Waals surface area contributed by atoms with Gasteiger partial charge in [0.05, 0.1) is 6.54 Å². The highest BCUT2D eigenvalue weighted by Crippen LogP contribution is 2.40. The Labute approximate surface area is 176 Å². The molecule has 3 N–H and O–H groups in total. The van der Waals surface area contributed by atoms with E-state index in [1.54, 1.807) is 5.43 Å². The van der Waals surface area contributed by atoms with Crippen LogP contribution in [0.5, 0.6) is 0 Å². The molecule has 0 saturated heterocycles. The van der Waals surface area contributed by atoms with Crippen molar-refractivity contribution < 1.29 is 36.6 Å². The summed E-state index contributed by atoms with van der Waals surface area (Å²) in [6.45, 7) is -1.15. The molecule has 0 spiro atoms. The zero-order valence-corrected chi connectivity index (χ0v) is 15.9. The molecule has 1 unspecified atom stereocenters. The Balaban J connectivity index is 1.89. The third-order valence-corrected chi connectivity index (χ3v) is 4.43. The summed E-state index contributed by atoms with van der Waals surface area (Å²) in [7, 11) is 0. The second-order valence-electron chi connectivity index (χ2n) is 6.57. The number of amides is 2. The first kappa shape index (κ1) is 22.8. The molecule has 2 aromatic carbocycles. The molecule has 0 bridgehead atoms. The molecule has 0 aliphatic carbocycles. The summed E-state index contributed by atoms with van der Waals surface area (Å²) in [5, 5.41) is 14.4. The van der Waals surface area contributed by atoms with E-state index in [0.717, 1.165) is 36.9 Å². The number of aromatic nitrogens is 3. The highest BCUT2D eigenvalue weighted by atomic mass is 19.3. The van der Waals surface area contributed by atoms with Crippen LogP contribution in [0.3, 0.4) is 0 Å². The van der Waals surface area contributed by atoms with Crippen LogP contribution in [0.1, 0.15) is 15.9 Å². The summed E-state index contributed by atoms with van der Waals surface area (Å²) in [6, 6.07) is 5.35. The summed E-state index contributed by atoms with van der Waals surface area (Å²) in [5.74, 6) is -11.4. The van der Waals surface area contributed by atoms with Gasteiger partial charge < -0.3 is 5.11 Å². The lowest BCUT2D eigenvalue weighted by atomic mass is 9.86. The number of hydrazine groups is 1. The highest BCUT2D eigenvalue weighted by Gasteiger charge is 2.61. The van der Waals surface area contributed by atoms with Gasteiger partial charge in [0.15, 0.2) is 5.60 Å². The van der Waals surface area contributed by atoms with Gasteiger partial charge in [0, 0.05) is 17.2 Å². The number of halogens is 5. The number of rotatable bonds is 6. The lowest BCUT2D eigenvalue weighted by molar-refractivity contribution is -0.203. The van der Waals surface area contributed by atoms with E-state index in [9.17, 15) is 27.9 Å². The van der Waals surface area contributed by atoms with Crippen molar-refractivity contribution in [3.8, 4) is 0 Å². The minimum atomic E-state index is -4.77. The van der Waals surface area contributed by atoms with Crippen molar-refractivity contribution in [2.75, 3.05) is 0 Å². The van der Waals surface area contributed by atoms with Crippen molar-refractivity contribution in [3.05, 3.63) is 83.7 Å². The van der Waals surface area contributed by atoms with Crippen LogP contribution < -0.4 is 10.9 Å². The van der Waals surface area contributed by atoms with Crippen molar-refractivity contribution >= 4 is 11.8 Å². The second kappa shape index (κ2) is 8.70. The number of benzene rings is 2. The Kier molecular flexibility index (Phi) is 6.20. The van der Waals surface area contributed by atoms with Crippen molar-refractivity contribution in [1.82, 2.24) is 25.6 Å². The van der Waals surface area contributed by atoms with Gasteiger partial charge in [0.25, 0.3) is 5.91 Å². The molecular weight excluding hydrogens is 441 g/mol. The SMILES string of the molecule is O=C(NNC(=O)C(F)(F)C(O)(Cn1cncn1)c1ccc(F)cc1F)c1ccc(F)cc1. The van der Waals surface area contributed by atoms with Gasteiger partial charge in [-0.05, 0) is 36.4 Å². The molecule has 2 amide bonds. The normalized spacial score (nSPS) is 13.3. The van der Waals surface area contributed by atoms with Crippen LogP contribution in [0.2, 0.25) is 0 Å². The molecule has 13 heteroatoms. The fourth-order valence-electron chi connectivity index (χ4n) is 2.78. The maximum Gasteiger partial charge on any atom is 0.360 e. The van der Waals surface area contributed by atoms with E-state index in [1.165, 1.54) is 5.43 Å². The smallest absolute Gasteiger partial charge is 0.360 e. The number of hydrogen-bond donors (Lipinski definition) is 3. The lowest BCUT2D eigenvalue weighted by Gasteiger charge is -2.35. The zero-order valence-electron chi connectivity index (χ0n) is 15.9. The Hall–Kier alpha value is -3.87. The summed E-state index contributed by atoms with van der Waals surface area (Å²) in [5.41, 5.74) is -1.71. The summed E-state index contributed by atoms with van der Waals surface area (Å²) in [4.78, 5) is 27.7. The van der Waals surface area contributed by atoms with Crippen LogP contribution in [0, 0.1) is 17.5 Å². The number of alkyl halides is 2. The standard InChI is InChI=1S/C19H14F5N5O3/c20-12-3-1-11(2-4-12)16(30)27-28-17(31)19(23,24)18(32,8-29-10-25-9-26-29)14-6-5-13(21)7-15(14)22/h1-7,9-10,32H,8H2,(H,27,30)(H,28,31). The van der Waals surface area contributed by atoms with Gasteiger partial charge in [-0.1, -0.05) is 0 Å². The molecule has 32 heavy (non-hydrogen) atoms. The Morgan fingerprint density at radius 3 is 2.25 bits per heavy atom. The van der Waals surface area contributed by atoms with E-state index >= 15 is 8.78 Å². The molecule has 3 aromatic rings. The summed E-state index contributed by atoms with van der Waals surface area (Å²) in [6.07, 6.45) is 1.87. The van der Waals surface area contributed by atoms with Crippen LogP contribution in [0.4, 0.5) is 22.0 Å². The van der Waals surface area contributed by atoms with Crippen molar-refractivity contribution in [1.29, 1.82) is 0 Å². The number of aliphatic hydroxyl groups is 1. The van der Waals surface area contributed by atoms with Crippen molar-refractivity contribution in [3.63, 3.8) is 0 Å². The summed E-state index contributed by atoms with van der Waals surface area (Å²) < 4.78 is 71.5. The van der Waals surface area contributed by atoms with Crippen LogP contribution in [-0.4, -0.2) is 37.6 Å². The predicted octanol–water partition coefficient (Wildman–Crippen LogP) is 1.68. The first-order valence-corrected chi connectivity index (χ1v) is 8.79. The van der Waals surface area contributed by atoms with Crippen LogP contribution >= 0.6 is 0 Å². The molecule has 0 fully saturated rings. The molecule has 8 nitrogen and oxygen atoms in total. The van der Waals surface area contributed by atoms with E-state index in [0.29, 0.717) is 16.8 Å². The second-order valence-corrected chi connectivity index (χ2v) is 6.57. The number of hydrogen-bond acceptors (Lipinski definition) is 5. The third kappa shape index (κ3) is 4.42. The number of nitrogens with one attached hydrogen (secondary N) is 2. The maximum atomic E-state index is 15.1. The van der Waals surface area contributed by atoms with Crippen LogP contribution in [0.25, 0.3) is 0 Å². The predicted molar refractivity (Wildman–Crippen MR) is 97.2 cm³/mol. The van der Waals surface area contributed by atoms with Gasteiger partial charge in [-0.15, -0.1) is 0 Å². The molecule has 3 rings (SSSR count). The van der Waals surface area contributed by atoms with E-state index < -0.39 is 52.9 Å². The molecule has 1 atom stereocenters. The quantitative estimate of drug-likeness (QED) is 0.387. The van der Waals surface area contributed by atoms with Crippen molar-refractivity contribution in [2.24, 2.45) is 0 Å². The largest absolute Gasteiger partial charge is 0.377 e. The first-order chi connectivity index (χ1) is 15.0. The zero-order chi connectivity index (χ0) is 23.5. The average Bonchev–Trinajstić information content (AvgIpc) is 3.24. The van der Waals surface area contributed by atoms with Crippen LogP contribution in [-0.2, 0) is 16.9 Å². The average molecular weight is 455 g/mol. The Morgan fingerprint density at radius 1 is 1.00 bits per heavy atom. The molecular formula is C19H14F5N5O3. The number of nitrogens with zero attached hydrogens (tertiary/aromatic N) is 3. The van der Waals surface area contributed by atoms with Crippen molar-refractivity contribution in [2.45, 2.75) is 18.1 Å². The minimum Gasteiger partial charge on any atom is -0.377 e. The summed E-state index contributed by atoms with van der Waals surface area (Å²) >= 11 is 0. The van der Waals surface area contributed by atoms with Gasteiger partial charge in [-0.25, -0.2) is 22.8 Å². The Bertz CT molecular complexity index is 1120. The maximum absolute atomic E-state index is 15.1. The molecule has 0 aliphatic heterocycles. The number of carbonyl (C=O) groups is 2. The van der Waals surface area contributed by atoms with Gasteiger partial charge in [0.1, 0.15) is 30.1 Å². The first-order valence-electron chi connectivity index (χ1n) is 8.79. The van der Waals surface area contributed by atoms with Gasteiger partial charge in [-0.2, -0.15) is 13.9 Å². The third-order valence-electron chi connectivity index (χ3n) is 4.43. The van der Waals surface area contributed by atoms with Gasteiger partial charge >= 0.3 is 11.8 Å². The van der Waals surface area contributed by atoms with Crippen LogP contribution in [0.15, 0.2) is 55.1 Å². The molecule has 0 aliphatic rings. The number of carbonyl (C=O) groups excluding carboxylic acids is 2. The molecule has 0 saturated carbocycles. The molecule has 168 valence electrons. The van der Waals surface area contributed by atoms with E-state index in [1.807, 2.05) is 0 Å². The molecule has 1 aromatic heterocycles. The topological polar surface area (TPSA) is 109 Å². The fourth-order valence-corrected chi connectivity index (χ4v) is 2.78. The van der Waals surface area contributed by atoms with Gasteiger partial charge in [0.2, 0.25) is 0 Å². The van der Waals surface area contributed by atoms with Gasteiger partial charge in [-0.3, -0.25) is 20.4 Å². The fraction of sp³-hybridized carbons (Fsp3) is 0.158. The minimum absolute atomic E-state index is 0.169.